The largest absolute Gasteiger partial charge is 0.454 e. The van der Waals surface area contributed by atoms with Crippen molar-refractivity contribution in [3.8, 4) is 22.6 Å². The fourth-order valence-corrected chi connectivity index (χ4v) is 2.97. The van der Waals surface area contributed by atoms with Gasteiger partial charge in [-0.2, -0.15) is 0 Å². The van der Waals surface area contributed by atoms with Crippen LogP contribution in [0.4, 0.5) is 14.5 Å². The first-order valence-electron chi connectivity index (χ1n) is 9.22. The fraction of sp³-hybridized carbons (Fsp3) is 0.130. The fourth-order valence-electron chi connectivity index (χ4n) is 2.97. The summed E-state index contributed by atoms with van der Waals surface area (Å²) in [7, 11) is 1.63. The molecule has 0 aliphatic carbocycles. The van der Waals surface area contributed by atoms with E-state index in [0.29, 0.717) is 28.8 Å². The Morgan fingerprint density at radius 1 is 1.17 bits per heavy atom. The third-order valence-electron chi connectivity index (χ3n) is 4.50. The van der Waals surface area contributed by atoms with Gasteiger partial charge in [0.05, 0.1) is 0 Å². The molecular weight excluding hydrogens is 390 g/mol. The number of anilines is 1. The second-order valence-corrected chi connectivity index (χ2v) is 6.60. The lowest BCUT2D eigenvalue weighted by Gasteiger charge is -2.15. The highest BCUT2D eigenvalue weighted by Gasteiger charge is 2.15. The van der Waals surface area contributed by atoms with E-state index >= 15 is 0 Å². The van der Waals surface area contributed by atoms with Gasteiger partial charge in [-0.25, -0.2) is 8.78 Å². The summed E-state index contributed by atoms with van der Waals surface area (Å²) in [6, 6.07) is 9.55. The van der Waals surface area contributed by atoms with E-state index in [1.54, 1.807) is 37.5 Å². The van der Waals surface area contributed by atoms with Crippen LogP contribution in [-0.4, -0.2) is 10.5 Å². The molecular formula is C23H20F2N2O3. The predicted molar refractivity (Wildman–Crippen MR) is 112 cm³/mol. The number of aryl methyl sites for hydroxylation is 2. The van der Waals surface area contributed by atoms with Gasteiger partial charge in [0.15, 0.2) is 11.6 Å². The Hall–Kier alpha value is -3.74. The van der Waals surface area contributed by atoms with Crippen LogP contribution in [0.3, 0.4) is 0 Å². The Labute approximate surface area is 172 Å². The Morgan fingerprint density at radius 3 is 2.57 bits per heavy atom. The van der Waals surface area contributed by atoms with Crippen LogP contribution >= 0.6 is 0 Å². The van der Waals surface area contributed by atoms with Gasteiger partial charge in [-0.3, -0.25) is 9.59 Å². The molecule has 0 saturated carbocycles. The zero-order valence-corrected chi connectivity index (χ0v) is 16.5. The van der Waals surface area contributed by atoms with Gasteiger partial charge in [-0.15, -0.1) is 0 Å². The highest BCUT2D eigenvalue weighted by atomic mass is 19.1. The monoisotopic (exact) mass is 410 g/mol. The van der Waals surface area contributed by atoms with Crippen LogP contribution in [0.5, 0.6) is 11.5 Å². The molecule has 1 N–H and O–H groups in total. The summed E-state index contributed by atoms with van der Waals surface area (Å²) < 4.78 is 34.5. The number of carbonyl (C=O) groups is 1. The number of ether oxygens (including phenoxy) is 1. The van der Waals surface area contributed by atoms with Crippen molar-refractivity contribution in [1.29, 1.82) is 0 Å². The number of nitrogens with one attached hydrogen (secondary N) is 1. The lowest BCUT2D eigenvalue weighted by molar-refractivity contribution is -0.111. The Morgan fingerprint density at radius 2 is 1.90 bits per heavy atom. The number of rotatable bonds is 6. The van der Waals surface area contributed by atoms with E-state index in [9.17, 15) is 18.4 Å². The van der Waals surface area contributed by atoms with Crippen LogP contribution in [0.15, 0.2) is 66.1 Å². The number of nitrogens with zero attached hydrogens (tertiary/aromatic N) is 1. The minimum Gasteiger partial charge on any atom is -0.454 e. The summed E-state index contributed by atoms with van der Waals surface area (Å²) in [5, 5.41) is 2.66. The summed E-state index contributed by atoms with van der Waals surface area (Å²) in [5.41, 5.74) is 2.10. The van der Waals surface area contributed by atoms with Gasteiger partial charge in [-0.1, -0.05) is 13.5 Å². The van der Waals surface area contributed by atoms with Crippen molar-refractivity contribution in [1.82, 2.24) is 4.57 Å². The van der Waals surface area contributed by atoms with Crippen molar-refractivity contribution in [2.45, 2.75) is 13.3 Å². The van der Waals surface area contributed by atoms with E-state index in [2.05, 4.69) is 11.9 Å². The average Bonchev–Trinajstić information content (AvgIpc) is 2.72. The average molecular weight is 410 g/mol. The molecule has 0 fully saturated rings. The Kier molecular flexibility index (Phi) is 6.11. The number of pyridine rings is 1. The van der Waals surface area contributed by atoms with Crippen LogP contribution in [0.1, 0.15) is 12.5 Å². The number of halogens is 2. The molecule has 3 aromatic rings. The number of hydrogen-bond donors (Lipinski definition) is 1. The maximum atomic E-state index is 14.1. The zero-order valence-electron chi connectivity index (χ0n) is 16.5. The smallest absolute Gasteiger partial charge is 0.253 e. The highest BCUT2D eigenvalue weighted by Crippen LogP contribution is 2.36. The van der Waals surface area contributed by atoms with Gasteiger partial charge in [0.1, 0.15) is 11.6 Å². The zero-order chi connectivity index (χ0) is 21.8. The summed E-state index contributed by atoms with van der Waals surface area (Å²) >= 11 is 0. The van der Waals surface area contributed by atoms with E-state index in [1.165, 1.54) is 10.6 Å². The minimum absolute atomic E-state index is 0.121. The van der Waals surface area contributed by atoms with Gasteiger partial charge in [0.25, 0.3) is 5.56 Å². The first kappa shape index (κ1) is 21.0. The SMILES string of the molecule is C=CC(=O)Nc1ccc(Oc2ccc(F)cc2F)c(-c2cc(CC)c(=O)n(C)c2)c1. The second-order valence-electron chi connectivity index (χ2n) is 6.60. The molecule has 5 nitrogen and oxygen atoms in total. The summed E-state index contributed by atoms with van der Waals surface area (Å²) in [5.74, 6) is -1.83. The Bertz CT molecular complexity index is 1190. The molecule has 154 valence electrons. The summed E-state index contributed by atoms with van der Waals surface area (Å²) in [4.78, 5) is 24.0. The maximum Gasteiger partial charge on any atom is 0.253 e. The third kappa shape index (κ3) is 4.46. The number of amides is 1. The molecule has 0 spiro atoms. The van der Waals surface area contributed by atoms with Crippen molar-refractivity contribution in [2.24, 2.45) is 7.05 Å². The van der Waals surface area contributed by atoms with Crippen LogP contribution in [0, 0.1) is 11.6 Å². The highest BCUT2D eigenvalue weighted by molar-refractivity contribution is 5.99. The first-order valence-corrected chi connectivity index (χ1v) is 9.22. The molecule has 0 bridgehead atoms. The molecule has 0 aliphatic heterocycles. The quantitative estimate of drug-likeness (QED) is 0.594. The lowest BCUT2D eigenvalue weighted by Crippen LogP contribution is -2.20. The number of aromatic nitrogens is 1. The molecule has 0 aliphatic rings. The third-order valence-corrected chi connectivity index (χ3v) is 4.50. The normalized spacial score (nSPS) is 10.5. The van der Waals surface area contributed by atoms with E-state index in [0.717, 1.165) is 18.2 Å². The molecule has 3 rings (SSSR count). The van der Waals surface area contributed by atoms with Crippen molar-refractivity contribution in [2.75, 3.05) is 5.32 Å². The van der Waals surface area contributed by atoms with Gasteiger partial charge in [0, 0.05) is 41.7 Å². The molecule has 1 heterocycles. The molecule has 1 amide bonds. The number of hydrogen-bond acceptors (Lipinski definition) is 3. The van der Waals surface area contributed by atoms with E-state index < -0.39 is 17.5 Å². The predicted octanol–water partition coefficient (Wildman–Crippen LogP) is 4.81. The summed E-state index contributed by atoms with van der Waals surface area (Å²) in [6.07, 6.45) is 3.29. The number of benzene rings is 2. The molecule has 1 aromatic heterocycles. The van der Waals surface area contributed by atoms with Gasteiger partial charge < -0.3 is 14.6 Å². The van der Waals surface area contributed by atoms with Crippen LogP contribution in [0.25, 0.3) is 11.1 Å². The Balaban J connectivity index is 2.15. The molecule has 0 atom stereocenters. The lowest BCUT2D eigenvalue weighted by atomic mass is 10.0. The first-order chi connectivity index (χ1) is 14.3. The van der Waals surface area contributed by atoms with Crippen molar-refractivity contribution in [3.05, 3.63) is 88.9 Å². The molecule has 0 radical (unpaired) electrons. The number of carbonyl (C=O) groups excluding carboxylic acids is 1. The van der Waals surface area contributed by atoms with E-state index in [1.807, 2.05) is 6.92 Å². The molecule has 0 saturated heterocycles. The van der Waals surface area contributed by atoms with E-state index in [4.69, 9.17) is 4.74 Å². The van der Waals surface area contributed by atoms with Gasteiger partial charge >= 0.3 is 0 Å². The summed E-state index contributed by atoms with van der Waals surface area (Å²) in [6.45, 7) is 5.29. The maximum absolute atomic E-state index is 14.1. The van der Waals surface area contributed by atoms with Gasteiger partial charge in [0.2, 0.25) is 5.91 Å². The minimum atomic E-state index is -0.848. The van der Waals surface area contributed by atoms with Crippen molar-refractivity contribution < 1.29 is 18.3 Å². The van der Waals surface area contributed by atoms with E-state index in [-0.39, 0.29) is 17.1 Å². The molecule has 2 aromatic carbocycles. The second kappa shape index (κ2) is 8.73. The topological polar surface area (TPSA) is 60.3 Å². The molecule has 7 heteroatoms. The van der Waals surface area contributed by atoms with Crippen LogP contribution < -0.4 is 15.6 Å². The van der Waals surface area contributed by atoms with Crippen molar-refractivity contribution in [3.63, 3.8) is 0 Å². The molecule has 30 heavy (non-hydrogen) atoms. The van der Waals surface area contributed by atoms with Crippen LogP contribution in [-0.2, 0) is 18.3 Å². The van der Waals surface area contributed by atoms with Crippen LogP contribution in [0.2, 0.25) is 0 Å². The van der Waals surface area contributed by atoms with Crippen molar-refractivity contribution >= 4 is 11.6 Å². The standard InChI is InChI=1S/C23H20F2N2O3/c1-4-14-10-15(13-27(3)23(14)29)18-12-17(26-22(28)5-2)7-9-20(18)30-21-8-6-16(24)11-19(21)25/h5-13H,2,4H2,1,3H3,(H,26,28). The van der Waals surface area contributed by atoms with Gasteiger partial charge in [-0.05, 0) is 48.9 Å². The molecule has 0 unspecified atom stereocenters.